The quantitative estimate of drug-likeness (QED) is 0.782. The van der Waals surface area contributed by atoms with Crippen LogP contribution in [0.3, 0.4) is 0 Å². The van der Waals surface area contributed by atoms with Crippen LogP contribution in [0.1, 0.15) is 32.6 Å². The van der Waals surface area contributed by atoms with Gasteiger partial charge in [0.1, 0.15) is 0 Å². The monoisotopic (exact) mass is 272 g/mol. The van der Waals surface area contributed by atoms with Crippen molar-refractivity contribution >= 4 is 17.7 Å². The van der Waals surface area contributed by atoms with Crippen molar-refractivity contribution in [1.29, 1.82) is 0 Å². The molecule has 2 rings (SSSR count). The van der Waals surface area contributed by atoms with Crippen LogP contribution < -0.4 is 5.32 Å². The van der Waals surface area contributed by atoms with Crippen molar-refractivity contribution in [2.45, 2.75) is 44.2 Å². The molecule has 2 N–H and O–H groups in total. The summed E-state index contributed by atoms with van der Waals surface area (Å²) in [6, 6.07) is 0.333. The van der Waals surface area contributed by atoms with Gasteiger partial charge in [-0.2, -0.15) is 11.8 Å². The van der Waals surface area contributed by atoms with Crippen LogP contribution in [0.5, 0.6) is 0 Å². The van der Waals surface area contributed by atoms with Crippen LogP contribution in [0, 0.1) is 0 Å². The van der Waals surface area contributed by atoms with Crippen LogP contribution in [0.15, 0.2) is 0 Å². The van der Waals surface area contributed by atoms with E-state index < -0.39 is 5.60 Å². The minimum absolute atomic E-state index is 0.243. The number of carbonyl (C=O) groups is 1. The van der Waals surface area contributed by atoms with Crippen LogP contribution in [0.4, 0.5) is 0 Å². The van der Waals surface area contributed by atoms with Gasteiger partial charge in [-0.3, -0.25) is 4.79 Å². The van der Waals surface area contributed by atoms with Crippen LogP contribution in [-0.4, -0.2) is 58.7 Å². The molecule has 0 aromatic rings. The first-order valence-electron chi connectivity index (χ1n) is 6.88. The van der Waals surface area contributed by atoms with Gasteiger partial charge in [-0.05, 0) is 26.2 Å². The highest BCUT2D eigenvalue weighted by atomic mass is 32.2. The van der Waals surface area contributed by atoms with Gasteiger partial charge in [-0.15, -0.1) is 0 Å². The first kappa shape index (κ1) is 14.2. The van der Waals surface area contributed by atoms with Gasteiger partial charge in [0.2, 0.25) is 5.91 Å². The Labute approximate surface area is 113 Å². The molecule has 2 unspecified atom stereocenters. The third-order valence-electron chi connectivity index (χ3n) is 3.84. The zero-order valence-electron chi connectivity index (χ0n) is 11.2. The summed E-state index contributed by atoms with van der Waals surface area (Å²) >= 11 is 1.92. The highest BCUT2D eigenvalue weighted by Gasteiger charge is 2.28. The number of rotatable bonds is 2. The SMILES string of the molecule is CC1(O)CCCN(C(=O)CC2CSCCN2)CC1. The lowest BCUT2D eigenvalue weighted by molar-refractivity contribution is -0.131. The second-order valence-corrected chi connectivity index (χ2v) is 6.81. The van der Waals surface area contributed by atoms with E-state index in [9.17, 15) is 9.90 Å². The van der Waals surface area contributed by atoms with Gasteiger partial charge in [0.05, 0.1) is 5.60 Å². The number of carbonyl (C=O) groups excluding carboxylic acids is 1. The number of nitrogens with zero attached hydrogens (tertiary/aromatic N) is 1. The standard InChI is InChI=1S/C13H24N2O2S/c1-13(17)3-2-6-15(7-4-13)12(16)9-11-10-18-8-5-14-11/h11,14,17H,2-10H2,1H3. The predicted molar refractivity (Wildman–Crippen MR) is 74.8 cm³/mol. The number of likely N-dealkylation sites (tertiary alicyclic amines) is 1. The van der Waals surface area contributed by atoms with Crippen molar-refractivity contribution in [2.75, 3.05) is 31.1 Å². The molecule has 2 atom stereocenters. The first-order chi connectivity index (χ1) is 8.57. The Hall–Kier alpha value is -0.260. The molecule has 0 aromatic heterocycles. The Balaban J connectivity index is 1.81. The highest BCUT2D eigenvalue weighted by molar-refractivity contribution is 7.99. The third kappa shape index (κ3) is 4.14. The molecule has 2 heterocycles. The fraction of sp³-hybridized carbons (Fsp3) is 0.923. The van der Waals surface area contributed by atoms with Crippen molar-refractivity contribution in [2.24, 2.45) is 0 Å². The molecule has 5 heteroatoms. The van der Waals surface area contributed by atoms with Crippen LogP contribution >= 0.6 is 11.8 Å². The summed E-state index contributed by atoms with van der Waals surface area (Å²) in [5, 5.41) is 13.4. The Morgan fingerprint density at radius 3 is 3.06 bits per heavy atom. The smallest absolute Gasteiger partial charge is 0.224 e. The van der Waals surface area contributed by atoms with Crippen molar-refractivity contribution in [1.82, 2.24) is 10.2 Å². The zero-order chi connectivity index (χ0) is 13.0. The average molecular weight is 272 g/mol. The molecule has 2 aliphatic heterocycles. The lowest BCUT2D eigenvalue weighted by atomic mass is 9.98. The minimum Gasteiger partial charge on any atom is -0.390 e. The van der Waals surface area contributed by atoms with E-state index in [2.05, 4.69) is 5.32 Å². The Morgan fingerprint density at radius 2 is 2.33 bits per heavy atom. The molecule has 1 amide bonds. The van der Waals surface area contributed by atoms with Crippen molar-refractivity contribution in [3.05, 3.63) is 0 Å². The van der Waals surface area contributed by atoms with Gasteiger partial charge in [-0.1, -0.05) is 0 Å². The van der Waals surface area contributed by atoms with E-state index in [-0.39, 0.29) is 5.91 Å². The van der Waals surface area contributed by atoms with Gasteiger partial charge in [-0.25, -0.2) is 0 Å². The third-order valence-corrected chi connectivity index (χ3v) is 4.97. The highest BCUT2D eigenvalue weighted by Crippen LogP contribution is 2.22. The molecule has 0 aromatic carbocycles. The number of hydrogen-bond acceptors (Lipinski definition) is 4. The first-order valence-corrected chi connectivity index (χ1v) is 8.04. The van der Waals surface area contributed by atoms with Crippen LogP contribution in [-0.2, 0) is 4.79 Å². The van der Waals surface area contributed by atoms with Crippen LogP contribution in [0.2, 0.25) is 0 Å². The zero-order valence-corrected chi connectivity index (χ0v) is 12.0. The molecule has 2 fully saturated rings. The lowest BCUT2D eigenvalue weighted by Gasteiger charge is -2.27. The average Bonchev–Trinajstić information content (AvgIpc) is 2.51. The molecule has 0 saturated carbocycles. The summed E-state index contributed by atoms with van der Waals surface area (Å²) in [5.41, 5.74) is -0.589. The fourth-order valence-electron chi connectivity index (χ4n) is 2.60. The maximum absolute atomic E-state index is 12.2. The summed E-state index contributed by atoms with van der Waals surface area (Å²) in [7, 11) is 0. The summed E-state index contributed by atoms with van der Waals surface area (Å²) in [6.07, 6.45) is 3.01. The molecular formula is C13H24N2O2S. The van der Waals surface area contributed by atoms with E-state index in [0.29, 0.717) is 25.4 Å². The van der Waals surface area contributed by atoms with E-state index in [1.165, 1.54) is 0 Å². The van der Waals surface area contributed by atoms with E-state index in [1.54, 1.807) is 0 Å². The fourth-order valence-corrected chi connectivity index (χ4v) is 3.55. The summed E-state index contributed by atoms with van der Waals surface area (Å²) < 4.78 is 0. The van der Waals surface area contributed by atoms with Crippen molar-refractivity contribution in [3.63, 3.8) is 0 Å². The number of amides is 1. The van der Waals surface area contributed by atoms with Gasteiger partial charge < -0.3 is 15.3 Å². The molecule has 0 bridgehead atoms. The predicted octanol–water partition coefficient (Wildman–Crippen LogP) is 0.845. The second kappa shape index (κ2) is 6.26. The summed E-state index contributed by atoms with van der Waals surface area (Å²) in [5.74, 6) is 2.43. The lowest BCUT2D eigenvalue weighted by Crippen LogP contribution is -2.43. The molecular weight excluding hydrogens is 248 g/mol. The van der Waals surface area contributed by atoms with Crippen molar-refractivity contribution in [3.8, 4) is 0 Å². The molecule has 4 nitrogen and oxygen atoms in total. The molecule has 0 spiro atoms. The van der Waals surface area contributed by atoms with Gasteiger partial charge >= 0.3 is 0 Å². The topological polar surface area (TPSA) is 52.6 Å². The van der Waals surface area contributed by atoms with Gasteiger partial charge in [0.25, 0.3) is 0 Å². The molecule has 0 radical (unpaired) electrons. The molecule has 2 aliphatic rings. The van der Waals surface area contributed by atoms with Crippen molar-refractivity contribution < 1.29 is 9.90 Å². The maximum atomic E-state index is 12.2. The summed E-state index contributed by atoms with van der Waals surface area (Å²) in [4.78, 5) is 14.2. The second-order valence-electron chi connectivity index (χ2n) is 5.66. The van der Waals surface area contributed by atoms with E-state index in [4.69, 9.17) is 0 Å². The number of thioether (sulfide) groups is 1. The minimum atomic E-state index is -0.589. The Morgan fingerprint density at radius 1 is 1.50 bits per heavy atom. The van der Waals surface area contributed by atoms with Gasteiger partial charge in [0.15, 0.2) is 0 Å². The van der Waals surface area contributed by atoms with E-state index >= 15 is 0 Å². The molecule has 2 saturated heterocycles. The number of hydrogen-bond donors (Lipinski definition) is 2. The van der Waals surface area contributed by atoms with Gasteiger partial charge in [0, 0.05) is 43.6 Å². The molecule has 0 aliphatic carbocycles. The van der Waals surface area contributed by atoms with E-state index in [0.717, 1.165) is 37.4 Å². The maximum Gasteiger partial charge on any atom is 0.224 e. The van der Waals surface area contributed by atoms with E-state index in [1.807, 2.05) is 23.6 Å². The number of nitrogens with one attached hydrogen (secondary N) is 1. The number of aliphatic hydroxyl groups is 1. The largest absolute Gasteiger partial charge is 0.390 e. The molecule has 18 heavy (non-hydrogen) atoms. The Kier molecular flexibility index (Phi) is 4.92. The Bertz CT molecular complexity index is 291. The molecule has 104 valence electrons. The normalized spacial score (nSPS) is 34.1. The van der Waals surface area contributed by atoms with Crippen LogP contribution in [0.25, 0.3) is 0 Å². The summed E-state index contributed by atoms with van der Waals surface area (Å²) in [6.45, 7) is 4.39.